The van der Waals surface area contributed by atoms with Gasteiger partial charge in [-0.2, -0.15) is 0 Å². The van der Waals surface area contributed by atoms with Crippen molar-refractivity contribution in [2.75, 3.05) is 0 Å². The van der Waals surface area contributed by atoms with Crippen molar-refractivity contribution in [1.82, 2.24) is 0 Å². The van der Waals surface area contributed by atoms with Crippen molar-refractivity contribution in [3.63, 3.8) is 0 Å². The third-order valence-electron chi connectivity index (χ3n) is 0. The highest BCUT2D eigenvalue weighted by Crippen LogP contribution is 1.74. The van der Waals surface area contributed by atoms with E-state index in [0.29, 0.717) is 0 Å². The van der Waals surface area contributed by atoms with Crippen LogP contribution in [0.2, 0.25) is 0 Å². The van der Waals surface area contributed by atoms with E-state index >= 15 is 0 Å². The van der Waals surface area contributed by atoms with Gasteiger partial charge in [-0.3, -0.25) is 0 Å². The van der Waals surface area contributed by atoms with E-state index in [1.54, 1.807) is 0 Å². The third kappa shape index (κ3) is 282. The lowest BCUT2D eigenvalue weighted by Crippen LogP contribution is -1.43. The Hall–Kier alpha value is -1.76. The van der Waals surface area contributed by atoms with E-state index in [9.17, 15) is 0 Å². The van der Waals surface area contributed by atoms with Gasteiger partial charge in [0.1, 0.15) is 0 Å². The number of allylic oxidation sites excluding steroid dienone is 2. The normalized spacial score (nSPS) is 4.86. The van der Waals surface area contributed by atoms with E-state index in [1.165, 1.54) is 11.1 Å². The lowest BCUT2D eigenvalue weighted by atomic mass is 10.4. The van der Waals surface area contributed by atoms with Crippen molar-refractivity contribution in [2.45, 2.75) is 27.7 Å². The zero-order valence-electron chi connectivity index (χ0n) is 9.23. The van der Waals surface area contributed by atoms with Crippen LogP contribution in [-0.2, 0) is 9.59 Å². The fourth-order valence-corrected chi connectivity index (χ4v) is 0. The molecule has 0 aliphatic heterocycles. The molecule has 0 unspecified atom stereocenters. The van der Waals surface area contributed by atoms with Gasteiger partial charge in [-0.1, -0.05) is 11.1 Å². The van der Waals surface area contributed by atoms with Crippen molar-refractivity contribution in [1.29, 1.82) is 10.8 Å². The Morgan fingerprint density at radius 3 is 0.857 bits per heavy atom. The molecule has 0 aromatic heterocycles. The van der Waals surface area contributed by atoms with Crippen LogP contribution in [0, 0.1) is 10.8 Å². The Labute approximate surface area is 85.4 Å². The fourth-order valence-electron chi connectivity index (χ4n) is 0. The topological polar surface area (TPSA) is 81.8 Å². The standard InChI is InChI=1S/2C4H8.2CHNO/c2*1-4(2)3;2*2-1-3/h2*1H2,2-3H3;2*2H. The van der Waals surface area contributed by atoms with Crippen LogP contribution in [-0.4, -0.2) is 12.2 Å². The van der Waals surface area contributed by atoms with Gasteiger partial charge in [-0.05, 0) is 27.7 Å². The van der Waals surface area contributed by atoms with Crippen LogP contribution in [0.4, 0.5) is 0 Å². The Bertz CT molecular complexity index is 176. The molecule has 14 heavy (non-hydrogen) atoms. The summed E-state index contributed by atoms with van der Waals surface area (Å²) in [6.45, 7) is 15.0. The van der Waals surface area contributed by atoms with Crippen molar-refractivity contribution in [3.05, 3.63) is 24.3 Å². The minimum absolute atomic E-state index is 0.750. The summed E-state index contributed by atoms with van der Waals surface area (Å²) < 4.78 is 0. The van der Waals surface area contributed by atoms with Crippen molar-refractivity contribution >= 4 is 12.2 Å². The fraction of sp³-hybridized carbons (Fsp3) is 0.400. The third-order valence-corrected chi connectivity index (χ3v) is 0. The number of carbonyl (C=O) groups excluding carboxylic acids is 2. The number of nitrogens with one attached hydrogen (secondary N) is 2. The molecule has 4 nitrogen and oxygen atoms in total. The number of hydrogen-bond acceptors (Lipinski definition) is 4. The zero-order valence-corrected chi connectivity index (χ0v) is 9.23. The second-order valence-electron chi connectivity index (χ2n) is 2.62. The van der Waals surface area contributed by atoms with Crippen molar-refractivity contribution in [3.8, 4) is 0 Å². The maximum atomic E-state index is 8.35. The summed E-state index contributed by atoms with van der Waals surface area (Å²) in [4.78, 5) is 16.7. The van der Waals surface area contributed by atoms with E-state index in [-0.39, 0.29) is 0 Å². The molecule has 0 fully saturated rings. The van der Waals surface area contributed by atoms with Crippen LogP contribution < -0.4 is 0 Å². The van der Waals surface area contributed by atoms with Gasteiger partial charge in [0.15, 0.2) is 0 Å². The molecular weight excluding hydrogens is 180 g/mol. The molecule has 80 valence electrons. The predicted molar refractivity (Wildman–Crippen MR) is 57.8 cm³/mol. The minimum atomic E-state index is 0.750. The molecule has 0 rings (SSSR count). The van der Waals surface area contributed by atoms with Crippen LogP contribution in [0.15, 0.2) is 24.3 Å². The molecule has 0 heterocycles. The van der Waals surface area contributed by atoms with E-state index in [2.05, 4.69) is 13.2 Å². The molecule has 0 saturated carbocycles. The van der Waals surface area contributed by atoms with Crippen LogP contribution in [0.1, 0.15) is 27.7 Å². The second-order valence-corrected chi connectivity index (χ2v) is 2.62. The van der Waals surface area contributed by atoms with Gasteiger partial charge >= 0.3 is 0 Å². The first-order chi connectivity index (χ1) is 6.29. The lowest BCUT2D eigenvalue weighted by molar-refractivity contribution is 0.562. The number of rotatable bonds is 0. The minimum Gasteiger partial charge on any atom is -0.222 e. The Morgan fingerprint density at radius 2 is 0.857 bits per heavy atom. The first-order valence-corrected chi connectivity index (χ1v) is 3.62. The predicted octanol–water partition coefficient (Wildman–Crippen LogP) is 2.97. The SMILES string of the molecule is C=C(C)C.C=C(C)C.N=C=O.N=C=O. The van der Waals surface area contributed by atoms with E-state index < -0.39 is 0 Å². The van der Waals surface area contributed by atoms with Gasteiger partial charge < -0.3 is 0 Å². The van der Waals surface area contributed by atoms with Crippen molar-refractivity contribution in [2.24, 2.45) is 0 Å². The van der Waals surface area contributed by atoms with Gasteiger partial charge in [0.2, 0.25) is 12.2 Å². The van der Waals surface area contributed by atoms with Crippen molar-refractivity contribution < 1.29 is 9.59 Å². The highest BCUT2D eigenvalue weighted by molar-refractivity contribution is 5.26. The van der Waals surface area contributed by atoms with E-state index in [0.717, 1.165) is 12.2 Å². The molecule has 0 saturated heterocycles. The Morgan fingerprint density at radius 1 is 0.857 bits per heavy atom. The maximum Gasteiger partial charge on any atom is 0.231 e. The van der Waals surface area contributed by atoms with Crippen LogP contribution in [0.3, 0.4) is 0 Å². The summed E-state index contributed by atoms with van der Waals surface area (Å²) in [7, 11) is 0. The summed E-state index contributed by atoms with van der Waals surface area (Å²) in [5.74, 6) is 0. The summed E-state index contributed by atoms with van der Waals surface area (Å²) in [6, 6.07) is 0. The Balaban J connectivity index is -0.0000000482. The van der Waals surface area contributed by atoms with Gasteiger partial charge in [0, 0.05) is 0 Å². The maximum absolute atomic E-state index is 8.35. The smallest absolute Gasteiger partial charge is 0.222 e. The molecule has 0 aliphatic carbocycles. The van der Waals surface area contributed by atoms with Crippen LogP contribution in [0.5, 0.6) is 0 Å². The molecular formula is C10H18N2O2. The molecule has 0 amide bonds. The number of hydrogen-bond donors (Lipinski definition) is 2. The molecule has 0 spiro atoms. The molecule has 2 N–H and O–H groups in total. The molecule has 4 heteroatoms. The lowest BCUT2D eigenvalue weighted by Gasteiger charge is -1.65. The average molecular weight is 198 g/mol. The highest BCUT2D eigenvalue weighted by Gasteiger charge is 1.52. The average Bonchev–Trinajstić information content (AvgIpc) is 1.85. The highest BCUT2D eigenvalue weighted by atomic mass is 16.1. The Kier molecular flexibility index (Phi) is 49.2. The monoisotopic (exact) mass is 198 g/mol. The first kappa shape index (κ1) is 22.8. The van der Waals surface area contributed by atoms with E-state index in [4.69, 9.17) is 20.4 Å². The number of isocyanates is 2. The van der Waals surface area contributed by atoms with Gasteiger partial charge in [-0.25, -0.2) is 20.4 Å². The molecule has 0 aromatic rings. The first-order valence-electron chi connectivity index (χ1n) is 3.62. The summed E-state index contributed by atoms with van der Waals surface area (Å²) in [5, 5.41) is 10.8. The summed E-state index contributed by atoms with van der Waals surface area (Å²) in [6.07, 6.45) is 1.50. The van der Waals surface area contributed by atoms with Gasteiger partial charge in [-0.15, -0.1) is 13.2 Å². The van der Waals surface area contributed by atoms with Gasteiger partial charge in [0.05, 0.1) is 0 Å². The van der Waals surface area contributed by atoms with E-state index in [1.807, 2.05) is 27.7 Å². The zero-order chi connectivity index (χ0) is 12.6. The molecule has 0 radical (unpaired) electrons. The summed E-state index contributed by atoms with van der Waals surface area (Å²) in [5.41, 5.74) is 2.33. The van der Waals surface area contributed by atoms with Crippen LogP contribution in [0.25, 0.3) is 0 Å². The quantitative estimate of drug-likeness (QED) is 0.356. The molecule has 0 atom stereocenters. The summed E-state index contributed by atoms with van der Waals surface area (Å²) >= 11 is 0. The largest absolute Gasteiger partial charge is 0.231 e. The molecule has 0 aromatic carbocycles. The molecule has 0 bridgehead atoms. The molecule has 0 aliphatic rings. The van der Waals surface area contributed by atoms with Gasteiger partial charge in [0.25, 0.3) is 0 Å². The van der Waals surface area contributed by atoms with Crippen LogP contribution >= 0.6 is 0 Å². The second kappa shape index (κ2) is 30.3.